The highest BCUT2D eigenvalue weighted by molar-refractivity contribution is 7.07. The predicted octanol–water partition coefficient (Wildman–Crippen LogP) is 1.26. The third-order valence-corrected chi connectivity index (χ3v) is 2.83. The normalized spacial score (nSPS) is 11.9. The average Bonchev–Trinajstić information content (AvgIpc) is 2.65. The van der Waals surface area contributed by atoms with Crippen LogP contribution in [-0.2, 0) is 6.42 Å². The SMILES string of the molecule is CC(C)(CN)CNCCc1cscn1. The number of nitrogens with one attached hydrogen (secondary N) is 1. The standard InChI is InChI=1S/C10H19N3S/c1-10(2,6-11)7-12-4-3-9-5-14-8-13-9/h5,8,12H,3-4,6-7,11H2,1-2H3. The maximum atomic E-state index is 5.63. The van der Waals surface area contributed by atoms with Crippen LogP contribution in [0.15, 0.2) is 10.9 Å². The van der Waals surface area contributed by atoms with Crippen molar-refractivity contribution in [2.45, 2.75) is 20.3 Å². The lowest BCUT2D eigenvalue weighted by atomic mass is 9.94. The van der Waals surface area contributed by atoms with Crippen LogP contribution in [0.25, 0.3) is 0 Å². The van der Waals surface area contributed by atoms with Gasteiger partial charge < -0.3 is 11.1 Å². The topological polar surface area (TPSA) is 50.9 Å². The van der Waals surface area contributed by atoms with Crippen LogP contribution in [0.4, 0.5) is 0 Å². The summed E-state index contributed by atoms with van der Waals surface area (Å²) in [4.78, 5) is 4.22. The maximum absolute atomic E-state index is 5.63. The van der Waals surface area contributed by atoms with Crippen molar-refractivity contribution in [2.75, 3.05) is 19.6 Å². The summed E-state index contributed by atoms with van der Waals surface area (Å²) in [6, 6.07) is 0. The summed E-state index contributed by atoms with van der Waals surface area (Å²) in [5.74, 6) is 0. The third-order valence-electron chi connectivity index (χ3n) is 2.20. The Morgan fingerprint density at radius 3 is 2.93 bits per heavy atom. The molecule has 4 heteroatoms. The molecule has 1 heterocycles. The van der Waals surface area contributed by atoms with E-state index in [1.807, 2.05) is 5.51 Å². The summed E-state index contributed by atoms with van der Waals surface area (Å²) in [7, 11) is 0. The Morgan fingerprint density at radius 1 is 1.57 bits per heavy atom. The van der Waals surface area contributed by atoms with Crippen LogP contribution in [0.2, 0.25) is 0 Å². The largest absolute Gasteiger partial charge is 0.330 e. The van der Waals surface area contributed by atoms with E-state index in [1.54, 1.807) is 11.3 Å². The van der Waals surface area contributed by atoms with E-state index in [-0.39, 0.29) is 5.41 Å². The molecule has 3 N–H and O–H groups in total. The molecule has 0 aromatic carbocycles. The molecule has 1 aromatic heterocycles. The van der Waals surface area contributed by atoms with E-state index in [4.69, 9.17) is 5.73 Å². The van der Waals surface area contributed by atoms with Gasteiger partial charge in [0, 0.05) is 24.9 Å². The van der Waals surface area contributed by atoms with Crippen molar-refractivity contribution in [3.8, 4) is 0 Å². The van der Waals surface area contributed by atoms with E-state index in [2.05, 4.69) is 29.5 Å². The fraction of sp³-hybridized carbons (Fsp3) is 0.700. The first kappa shape index (κ1) is 11.6. The number of hydrogen-bond acceptors (Lipinski definition) is 4. The Bertz CT molecular complexity index is 244. The number of nitrogens with two attached hydrogens (primary N) is 1. The van der Waals surface area contributed by atoms with E-state index in [9.17, 15) is 0 Å². The van der Waals surface area contributed by atoms with E-state index >= 15 is 0 Å². The second-order valence-electron chi connectivity index (χ2n) is 4.27. The van der Waals surface area contributed by atoms with Gasteiger partial charge in [0.05, 0.1) is 11.2 Å². The minimum atomic E-state index is 0.197. The van der Waals surface area contributed by atoms with Crippen LogP contribution in [0, 0.1) is 5.41 Å². The molecule has 0 saturated heterocycles. The Balaban J connectivity index is 2.11. The lowest BCUT2D eigenvalue weighted by Crippen LogP contribution is -2.36. The van der Waals surface area contributed by atoms with Gasteiger partial charge in [0.2, 0.25) is 0 Å². The molecule has 80 valence electrons. The van der Waals surface area contributed by atoms with Crippen molar-refractivity contribution in [3.63, 3.8) is 0 Å². The lowest BCUT2D eigenvalue weighted by Gasteiger charge is -2.22. The van der Waals surface area contributed by atoms with E-state index in [1.165, 1.54) is 5.69 Å². The molecule has 0 aliphatic heterocycles. The molecule has 0 atom stereocenters. The first-order chi connectivity index (χ1) is 6.64. The number of aromatic nitrogens is 1. The zero-order chi connectivity index (χ0) is 10.4. The summed E-state index contributed by atoms with van der Waals surface area (Å²) in [6.45, 7) is 7.00. The van der Waals surface area contributed by atoms with Crippen molar-refractivity contribution >= 4 is 11.3 Å². The maximum Gasteiger partial charge on any atom is 0.0794 e. The van der Waals surface area contributed by atoms with Crippen LogP contribution in [-0.4, -0.2) is 24.6 Å². The molecule has 0 fully saturated rings. The quantitative estimate of drug-likeness (QED) is 0.700. The van der Waals surface area contributed by atoms with E-state index < -0.39 is 0 Å². The fourth-order valence-electron chi connectivity index (χ4n) is 1.08. The number of hydrogen-bond donors (Lipinski definition) is 2. The number of nitrogens with zero attached hydrogens (tertiary/aromatic N) is 1. The first-order valence-electron chi connectivity index (χ1n) is 4.92. The lowest BCUT2D eigenvalue weighted by molar-refractivity contribution is 0.353. The van der Waals surface area contributed by atoms with Gasteiger partial charge in [-0.15, -0.1) is 11.3 Å². The number of thiazole rings is 1. The Labute approximate surface area is 89.7 Å². The van der Waals surface area contributed by atoms with Crippen molar-refractivity contribution in [2.24, 2.45) is 11.1 Å². The molecule has 0 amide bonds. The highest BCUT2D eigenvalue weighted by atomic mass is 32.1. The fourth-order valence-corrected chi connectivity index (χ4v) is 1.67. The monoisotopic (exact) mass is 213 g/mol. The molecule has 3 nitrogen and oxygen atoms in total. The highest BCUT2D eigenvalue weighted by Gasteiger charge is 2.13. The van der Waals surface area contributed by atoms with Gasteiger partial charge in [-0.1, -0.05) is 13.8 Å². The van der Waals surface area contributed by atoms with Gasteiger partial charge in [0.1, 0.15) is 0 Å². The molecule has 0 radical (unpaired) electrons. The summed E-state index contributed by atoms with van der Waals surface area (Å²) in [5, 5.41) is 5.49. The molecule has 0 unspecified atom stereocenters. The van der Waals surface area contributed by atoms with Crippen LogP contribution >= 0.6 is 11.3 Å². The molecular formula is C10H19N3S. The van der Waals surface area contributed by atoms with Crippen LogP contribution in [0.3, 0.4) is 0 Å². The number of rotatable bonds is 6. The van der Waals surface area contributed by atoms with Crippen molar-refractivity contribution in [3.05, 3.63) is 16.6 Å². The van der Waals surface area contributed by atoms with Gasteiger partial charge in [0.25, 0.3) is 0 Å². The Hall–Kier alpha value is -0.450. The van der Waals surface area contributed by atoms with Crippen molar-refractivity contribution in [1.29, 1.82) is 0 Å². The second-order valence-corrected chi connectivity index (χ2v) is 4.99. The van der Waals surface area contributed by atoms with E-state index in [0.29, 0.717) is 0 Å². The average molecular weight is 213 g/mol. The van der Waals surface area contributed by atoms with Crippen LogP contribution < -0.4 is 11.1 Å². The molecule has 0 saturated carbocycles. The van der Waals surface area contributed by atoms with Crippen molar-refractivity contribution < 1.29 is 0 Å². The molecule has 1 rings (SSSR count). The minimum absolute atomic E-state index is 0.197. The van der Waals surface area contributed by atoms with Crippen LogP contribution in [0.1, 0.15) is 19.5 Å². The van der Waals surface area contributed by atoms with Gasteiger partial charge in [-0.2, -0.15) is 0 Å². The van der Waals surface area contributed by atoms with E-state index in [0.717, 1.165) is 26.1 Å². The third kappa shape index (κ3) is 4.17. The molecule has 14 heavy (non-hydrogen) atoms. The Morgan fingerprint density at radius 2 is 2.36 bits per heavy atom. The Kier molecular flexibility index (Phi) is 4.51. The van der Waals surface area contributed by atoms with Gasteiger partial charge in [0.15, 0.2) is 0 Å². The second kappa shape index (κ2) is 5.44. The molecular weight excluding hydrogens is 194 g/mol. The summed E-state index contributed by atoms with van der Waals surface area (Å²) < 4.78 is 0. The van der Waals surface area contributed by atoms with Gasteiger partial charge in [-0.05, 0) is 12.0 Å². The molecule has 0 aliphatic rings. The first-order valence-corrected chi connectivity index (χ1v) is 5.86. The van der Waals surface area contributed by atoms with Gasteiger partial charge in [-0.3, -0.25) is 0 Å². The molecule has 0 bridgehead atoms. The summed E-state index contributed by atoms with van der Waals surface area (Å²) >= 11 is 1.65. The van der Waals surface area contributed by atoms with Crippen LogP contribution in [0.5, 0.6) is 0 Å². The predicted molar refractivity (Wildman–Crippen MR) is 61.5 cm³/mol. The zero-order valence-corrected chi connectivity index (χ0v) is 9.73. The summed E-state index contributed by atoms with van der Waals surface area (Å²) in [5.41, 5.74) is 8.88. The zero-order valence-electron chi connectivity index (χ0n) is 8.92. The minimum Gasteiger partial charge on any atom is -0.330 e. The molecule has 0 spiro atoms. The van der Waals surface area contributed by atoms with Crippen molar-refractivity contribution in [1.82, 2.24) is 10.3 Å². The summed E-state index contributed by atoms with van der Waals surface area (Å²) in [6.07, 6.45) is 1.00. The molecule has 0 aliphatic carbocycles. The highest BCUT2D eigenvalue weighted by Crippen LogP contribution is 2.09. The van der Waals surface area contributed by atoms with Gasteiger partial charge in [-0.25, -0.2) is 4.98 Å². The van der Waals surface area contributed by atoms with Gasteiger partial charge >= 0.3 is 0 Å². The smallest absolute Gasteiger partial charge is 0.0794 e. The molecule has 1 aromatic rings.